The molecule has 0 radical (unpaired) electrons. The number of hydrogen-bond donors (Lipinski definition) is 2. The molecule has 2 aromatic carbocycles. The second kappa shape index (κ2) is 10.5. The van der Waals surface area contributed by atoms with E-state index in [1.807, 2.05) is 12.4 Å². The van der Waals surface area contributed by atoms with Crippen molar-refractivity contribution < 1.29 is 0 Å². The lowest BCUT2D eigenvalue weighted by molar-refractivity contribution is 0.585. The van der Waals surface area contributed by atoms with Crippen LogP contribution in [0.5, 0.6) is 0 Å². The molecule has 0 saturated carbocycles. The topological polar surface area (TPSA) is 56.3 Å². The Morgan fingerprint density at radius 3 is 1.22 bits per heavy atom. The van der Waals surface area contributed by atoms with Gasteiger partial charge in [-0.3, -0.25) is 0 Å². The van der Waals surface area contributed by atoms with Gasteiger partial charge < -0.3 is 20.4 Å². The molecule has 0 amide bonds. The summed E-state index contributed by atoms with van der Waals surface area (Å²) in [7, 11) is 0. The highest BCUT2D eigenvalue weighted by molar-refractivity contribution is 5.77. The number of anilines is 2. The van der Waals surface area contributed by atoms with Crippen molar-refractivity contribution in [2.45, 2.75) is 0 Å². The molecule has 6 nitrogen and oxygen atoms in total. The molecule has 0 aliphatic carbocycles. The number of piperazine rings is 2. The van der Waals surface area contributed by atoms with Gasteiger partial charge in [-0.05, 0) is 58.7 Å². The average molecular weight is 477 g/mol. The molecule has 0 atom stereocenters. The molecule has 0 unspecified atom stereocenters. The van der Waals surface area contributed by atoms with E-state index < -0.39 is 0 Å². The molecule has 182 valence electrons. The van der Waals surface area contributed by atoms with Crippen molar-refractivity contribution in [3.8, 4) is 33.4 Å². The Bertz CT molecular complexity index is 1190. The first-order chi connectivity index (χ1) is 17.8. The molecule has 2 aliphatic rings. The van der Waals surface area contributed by atoms with Gasteiger partial charge in [0.2, 0.25) is 0 Å². The van der Waals surface area contributed by atoms with Crippen molar-refractivity contribution in [3.63, 3.8) is 0 Å². The first kappa shape index (κ1) is 22.7. The first-order valence-corrected chi connectivity index (χ1v) is 12.9. The summed E-state index contributed by atoms with van der Waals surface area (Å²) in [6.45, 7) is 8.08. The van der Waals surface area contributed by atoms with Crippen molar-refractivity contribution in [2.24, 2.45) is 0 Å². The Hall–Kier alpha value is -3.74. The standard InChI is InChI=1S/C30H32N6/c1-3-23(19-25(5-1)27-7-9-29(33-21-27)35-15-11-31-12-16-35)24-4-2-6-26(20-24)28-8-10-30(34-22-28)36-17-13-32-14-18-36/h1-10,19-22,31-32H,11-18H2. The number of nitrogens with one attached hydrogen (secondary N) is 2. The molecule has 0 bridgehead atoms. The molecule has 2 aromatic heterocycles. The molecule has 6 heteroatoms. The minimum Gasteiger partial charge on any atom is -0.354 e. The van der Waals surface area contributed by atoms with Crippen LogP contribution in [0.1, 0.15) is 0 Å². The normalized spacial score (nSPS) is 16.2. The summed E-state index contributed by atoms with van der Waals surface area (Å²) in [4.78, 5) is 14.2. The van der Waals surface area contributed by atoms with Crippen LogP contribution in [0.15, 0.2) is 85.2 Å². The van der Waals surface area contributed by atoms with E-state index in [2.05, 4.69) is 93.2 Å². The van der Waals surface area contributed by atoms with Crippen LogP contribution in [0, 0.1) is 0 Å². The fraction of sp³-hybridized carbons (Fsp3) is 0.267. The summed E-state index contributed by atoms with van der Waals surface area (Å²) in [5.74, 6) is 2.11. The zero-order valence-electron chi connectivity index (χ0n) is 20.5. The predicted octanol–water partition coefficient (Wildman–Crippen LogP) is 4.30. The van der Waals surface area contributed by atoms with Crippen molar-refractivity contribution in [3.05, 3.63) is 85.2 Å². The van der Waals surface area contributed by atoms with E-state index in [0.29, 0.717) is 0 Å². The van der Waals surface area contributed by atoms with Gasteiger partial charge >= 0.3 is 0 Å². The number of hydrogen-bond acceptors (Lipinski definition) is 6. The monoisotopic (exact) mass is 476 g/mol. The molecule has 2 saturated heterocycles. The Balaban J connectivity index is 1.21. The van der Waals surface area contributed by atoms with Gasteiger partial charge in [-0.1, -0.05) is 36.4 Å². The number of rotatable bonds is 5. The van der Waals surface area contributed by atoms with Crippen LogP contribution in [-0.4, -0.2) is 62.3 Å². The summed E-state index contributed by atoms with van der Waals surface area (Å²) in [5, 5.41) is 6.79. The van der Waals surface area contributed by atoms with Crippen molar-refractivity contribution in [1.82, 2.24) is 20.6 Å². The highest BCUT2D eigenvalue weighted by Gasteiger charge is 2.13. The lowest BCUT2D eigenvalue weighted by atomic mass is 9.97. The van der Waals surface area contributed by atoms with Crippen molar-refractivity contribution >= 4 is 11.6 Å². The fourth-order valence-corrected chi connectivity index (χ4v) is 5.03. The van der Waals surface area contributed by atoms with Gasteiger partial charge in [0.15, 0.2) is 0 Å². The third-order valence-corrected chi connectivity index (χ3v) is 7.10. The molecule has 6 rings (SSSR count). The summed E-state index contributed by atoms with van der Waals surface area (Å²) in [6.07, 6.45) is 4.00. The van der Waals surface area contributed by atoms with Gasteiger partial charge in [-0.25, -0.2) is 9.97 Å². The van der Waals surface area contributed by atoms with Crippen LogP contribution in [0.25, 0.3) is 33.4 Å². The maximum atomic E-state index is 4.76. The molecule has 4 aromatic rings. The minimum atomic E-state index is 1.01. The van der Waals surface area contributed by atoms with E-state index >= 15 is 0 Å². The molecule has 0 spiro atoms. The molecular weight excluding hydrogens is 444 g/mol. The smallest absolute Gasteiger partial charge is 0.128 e. The second-order valence-corrected chi connectivity index (χ2v) is 9.45. The van der Waals surface area contributed by atoms with Crippen LogP contribution in [0.3, 0.4) is 0 Å². The highest BCUT2D eigenvalue weighted by atomic mass is 15.2. The lowest BCUT2D eigenvalue weighted by Crippen LogP contribution is -2.43. The number of aromatic nitrogens is 2. The third kappa shape index (κ3) is 4.96. The van der Waals surface area contributed by atoms with Gasteiger partial charge in [-0.2, -0.15) is 0 Å². The minimum absolute atomic E-state index is 1.01. The maximum Gasteiger partial charge on any atom is 0.128 e. The molecule has 2 N–H and O–H groups in total. The van der Waals surface area contributed by atoms with Gasteiger partial charge in [0.05, 0.1) is 0 Å². The van der Waals surface area contributed by atoms with E-state index in [-0.39, 0.29) is 0 Å². The SMILES string of the molecule is c1cc(-c2ccc(N3CCNCC3)nc2)cc(-c2cccc(-c3ccc(N4CCNCC4)nc3)c2)c1. The van der Waals surface area contributed by atoms with E-state index in [4.69, 9.17) is 9.97 Å². The predicted molar refractivity (Wildman–Crippen MR) is 149 cm³/mol. The number of pyridine rings is 2. The zero-order valence-corrected chi connectivity index (χ0v) is 20.5. The summed E-state index contributed by atoms with van der Waals surface area (Å²) in [5.41, 5.74) is 7.04. The zero-order chi connectivity index (χ0) is 24.2. The van der Waals surface area contributed by atoms with E-state index in [1.165, 1.54) is 22.3 Å². The average Bonchev–Trinajstić information content (AvgIpc) is 2.98. The summed E-state index contributed by atoms with van der Waals surface area (Å²) >= 11 is 0. The van der Waals surface area contributed by atoms with Crippen molar-refractivity contribution in [2.75, 3.05) is 62.2 Å². The molecular formula is C30H32N6. The number of benzene rings is 2. The van der Waals surface area contributed by atoms with Crippen molar-refractivity contribution in [1.29, 1.82) is 0 Å². The Kier molecular flexibility index (Phi) is 6.61. The van der Waals surface area contributed by atoms with E-state index in [0.717, 1.165) is 75.1 Å². The van der Waals surface area contributed by atoms with E-state index in [1.54, 1.807) is 0 Å². The lowest BCUT2D eigenvalue weighted by Gasteiger charge is -2.28. The Morgan fingerprint density at radius 2 is 0.861 bits per heavy atom. The van der Waals surface area contributed by atoms with Gasteiger partial charge in [0.1, 0.15) is 11.6 Å². The third-order valence-electron chi connectivity index (χ3n) is 7.10. The molecule has 4 heterocycles. The summed E-state index contributed by atoms with van der Waals surface area (Å²) in [6, 6.07) is 26.1. The van der Waals surface area contributed by atoms with Gasteiger partial charge in [0.25, 0.3) is 0 Å². The number of nitrogens with zero attached hydrogens (tertiary/aromatic N) is 4. The van der Waals surface area contributed by atoms with Gasteiger partial charge in [-0.15, -0.1) is 0 Å². The molecule has 2 aliphatic heterocycles. The first-order valence-electron chi connectivity index (χ1n) is 12.9. The largest absolute Gasteiger partial charge is 0.354 e. The molecule has 36 heavy (non-hydrogen) atoms. The Labute approximate surface area is 213 Å². The van der Waals surface area contributed by atoms with Crippen LogP contribution in [-0.2, 0) is 0 Å². The van der Waals surface area contributed by atoms with Crippen LogP contribution in [0.4, 0.5) is 11.6 Å². The van der Waals surface area contributed by atoms with E-state index in [9.17, 15) is 0 Å². The Morgan fingerprint density at radius 1 is 0.472 bits per heavy atom. The van der Waals surface area contributed by atoms with Crippen LogP contribution >= 0.6 is 0 Å². The maximum absolute atomic E-state index is 4.76. The quantitative estimate of drug-likeness (QED) is 0.448. The molecule has 2 fully saturated rings. The van der Waals surface area contributed by atoms with Crippen LogP contribution < -0.4 is 20.4 Å². The van der Waals surface area contributed by atoms with Gasteiger partial charge in [0, 0.05) is 75.9 Å². The summed E-state index contributed by atoms with van der Waals surface area (Å²) < 4.78 is 0. The second-order valence-electron chi connectivity index (χ2n) is 9.45. The highest BCUT2D eigenvalue weighted by Crippen LogP contribution is 2.30. The van der Waals surface area contributed by atoms with Crippen LogP contribution in [0.2, 0.25) is 0 Å². The fourth-order valence-electron chi connectivity index (χ4n) is 5.03.